The molecule has 0 aromatic heterocycles. The second-order valence-electron chi connectivity index (χ2n) is 3.33. The molecule has 1 rings (SSSR count). The summed E-state index contributed by atoms with van der Waals surface area (Å²) in [5, 5.41) is 2.86. The van der Waals surface area contributed by atoms with Crippen molar-refractivity contribution in [2.24, 2.45) is 5.73 Å². The zero-order chi connectivity index (χ0) is 10.2. The standard InChI is InChI=1S/C9H19N3O2/c10-3-1-2-4-11-9(13)12-5-7-14-8-6-12/h1-8,10H2,(H,11,13). The van der Waals surface area contributed by atoms with E-state index in [4.69, 9.17) is 10.5 Å². The fraction of sp³-hybridized carbons (Fsp3) is 0.889. The van der Waals surface area contributed by atoms with Crippen molar-refractivity contribution >= 4 is 6.03 Å². The molecule has 0 saturated carbocycles. The summed E-state index contributed by atoms with van der Waals surface area (Å²) < 4.78 is 5.15. The molecule has 0 aromatic rings. The van der Waals surface area contributed by atoms with E-state index in [0.29, 0.717) is 39.4 Å². The average Bonchev–Trinajstić information content (AvgIpc) is 2.25. The normalized spacial score (nSPS) is 16.8. The number of nitrogens with zero attached hydrogens (tertiary/aromatic N) is 1. The van der Waals surface area contributed by atoms with Gasteiger partial charge in [-0.1, -0.05) is 0 Å². The lowest BCUT2D eigenvalue weighted by atomic mass is 10.3. The Labute approximate surface area is 84.6 Å². The molecule has 2 amide bonds. The largest absolute Gasteiger partial charge is 0.378 e. The quantitative estimate of drug-likeness (QED) is 0.617. The number of carbonyl (C=O) groups excluding carboxylic acids is 1. The molecule has 0 aliphatic carbocycles. The van der Waals surface area contributed by atoms with Crippen LogP contribution in [0.3, 0.4) is 0 Å². The van der Waals surface area contributed by atoms with Crippen LogP contribution in [0.1, 0.15) is 12.8 Å². The Morgan fingerprint density at radius 2 is 2.07 bits per heavy atom. The predicted octanol–water partition coefficient (Wildman–Crippen LogP) is -0.233. The fourth-order valence-electron chi connectivity index (χ4n) is 1.34. The van der Waals surface area contributed by atoms with Gasteiger partial charge in [-0.2, -0.15) is 0 Å². The van der Waals surface area contributed by atoms with Gasteiger partial charge in [0.1, 0.15) is 0 Å². The number of hydrogen-bond donors (Lipinski definition) is 2. The molecule has 1 heterocycles. The molecule has 0 atom stereocenters. The lowest BCUT2D eigenvalue weighted by Gasteiger charge is -2.26. The molecular formula is C9H19N3O2. The number of nitrogens with two attached hydrogens (primary N) is 1. The van der Waals surface area contributed by atoms with Crippen LogP contribution in [0.2, 0.25) is 0 Å². The van der Waals surface area contributed by atoms with E-state index in [1.807, 2.05) is 0 Å². The molecule has 1 aliphatic heterocycles. The number of rotatable bonds is 4. The summed E-state index contributed by atoms with van der Waals surface area (Å²) in [5.74, 6) is 0. The summed E-state index contributed by atoms with van der Waals surface area (Å²) in [6.45, 7) is 4.10. The zero-order valence-corrected chi connectivity index (χ0v) is 8.50. The van der Waals surface area contributed by atoms with Gasteiger partial charge in [0, 0.05) is 19.6 Å². The zero-order valence-electron chi connectivity index (χ0n) is 8.50. The van der Waals surface area contributed by atoms with Crippen molar-refractivity contribution in [2.75, 3.05) is 39.4 Å². The van der Waals surface area contributed by atoms with Crippen molar-refractivity contribution < 1.29 is 9.53 Å². The number of carbonyl (C=O) groups is 1. The van der Waals surface area contributed by atoms with Gasteiger partial charge in [-0.3, -0.25) is 0 Å². The molecule has 5 heteroatoms. The summed E-state index contributed by atoms with van der Waals surface area (Å²) in [5.41, 5.74) is 5.35. The third-order valence-corrected chi connectivity index (χ3v) is 2.21. The van der Waals surface area contributed by atoms with Crippen molar-refractivity contribution in [3.05, 3.63) is 0 Å². The fourth-order valence-corrected chi connectivity index (χ4v) is 1.34. The van der Waals surface area contributed by atoms with Gasteiger partial charge in [0.15, 0.2) is 0 Å². The van der Waals surface area contributed by atoms with E-state index < -0.39 is 0 Å². The number of ether oxygens (including phenoxy) is 1. The topological polar surface area (TPSA) is 67.6 Å². The van der Waals surface area contributed by atoms with Crippen LogP contribution in [0.15, 0.2) is 0 Å². The first kappa shape index (κ1) is 11.3. The summed E-state index contributed by atoms with van der Waals surface area (Å²) in [7, 11) is 0. The molecule has 0 radical (unpaired) electrons. The van der Waals surface area contributed by atoms with Crippen LogP contribution in [0.25, 0.3) is 0 Å². The van der Waals surface area contributed by atoms with Crippen LogP contribution in [-0.2, 0) is 4.74 Å². The molecule has 0 bridgehead atoms. The Hall–Kier alpha value is -0.810. The van der Waals surface area contributed by atoms with Gasteiger partial charge < -0.3 is 20.7 Å². The molecule has 0 spiro atoms. The molecule has 0 unspecified atom stereocenters. The molecule has 14 heavy (non-hydrogen) atoms. The van der Waals surface area contributed by atoms with Crippen LogP contribution in [0, 0.1) is 0 Å². The lowest BCUT2D eigenvalue weighted by molar-refractivity contribution is 0.0532. The van der Waals surface area contributed by atoms with Gasteiger partial charge in [0.25, 0.3) is 0 Å². The minimum absolute atomic E-state index is 0.0188. The number of unbranched alkanes of at least 4 members (excludes halogenated alkanes) is 1. The predicted molar refractivity (Wildman–Crippen MR) is 54.1 cm³/mol. The first-order chi connectivity index (χ1) is 6.84. The van der Waals surface area contributed by atoms with Gasteiger partial charge >= 0.3 is 6.03 Å². The van der Waals surface area contributed by atoms with Crippen molar-refractivity contribution in [3.8, 4) is 0 Å². The van der Waals surface area contributed by atoms with Crippen LogP contribution in [0.4, 0.5) is 4.79 Å². The Bertz CT molecular complexity index is 169. The van der Waals surface area contributed by atoms with Crippen molar-refractivity contribution in [1.29, 1.82) is 0 Å². The molecule has 3 N–H and O–H groups in total. The molecule has 5 nitrogen and oxygen atoms in total. The highest BCUT2D eigenvalue weighted by molar-refractivity contribution is 5.74. The highest BCUT2D eigenvalue weighted by atomic mass is 16.5. The van der Waals surface area contributed by atoms with E-state index in [2.05, 4.69) is 5.32 Å². The average molecular weight is 201 g/mol. The Kier molecular flexibility index (Phi) is 5.32. The summed E-state index contributed by atoms with van der Waals surface area (Å²) in [4.78, 5) is 13.3. The van der Waals surface area contributed by atoms with Gasteiger partial charge in [0.2, 0.25) is 0 Å². The highest BCUT2D eigenvalue weighted by Crippen LogP contribution is 1.96. The van der Waals surface area contributed by atoms with E-state index in [-0.39, 0.29) is 6.03 Å². The van der Waals surface area contributed by atoms with E-state index in [1.165, 1.54) is 0 Å². The van der Waals surface area contributed by atoms with Crippen LogP contribution in [-0.4, -0.2) is 50.3 Å². The maximum absolute atomic E-state index is 11.5. The molecule has 0 aromatic carbocycles. The van der Waals surface area contributed by atoms with Crippen LogP contribution in [0.5, 0.6) is 0 Å². The maximum Gasteiger partial charge on any atom is 0.317 e. The molecule has 82 valence electrons. The van der Waals surface area contributed by atoms with Crippen molar-refractivity contribution in [1.82, 2.24) is 10.2 Å². The molecule has 1 aliphatic rings. The van der Waals surface area contributed by atoms with E-state index in [1.54, 1.807) is 4.90 Å². The van der Waals surface area contributed by atoms with Gasteiger partial charge in [-0.15, -0.1) is 0 Å². The van der Waals surface area contributed by atoms with Crippen LogP contribution >= 0.6 is 0 Å². The number of amides is 2. The van der Waals surface area contributed by atoms with E-state index in [0.717, 1.165) is 12.8 Å². The second-order valence-corrected chi connectivity index (χ2v) is 3.33. The van der Waals surface area contributed by atoms with Gasteiger partial charge in [-0.05, 0) is 19.4 Å². The number of urea groups is 1. The SMILES string of the molecule is NCCCCNC(=O)N1CCOCC1. The van der Waals surface area contributed by atoms with Crippen molar-refractivity contribution in [2.45, 2.75) is 12.8 Å². The number of nitrogens with one attached hydrogen (secondary N) is 1. The Morgan fingerprint density at radius 3 is 2.71 bits per heavy atom. The lowest BCUT2D eigenvalue weighted by Crippen LogP contribution is -2.46. The Morgan fingerprint density at radius 1 is 1.36 bits per heavy atom. The number of hydrogen-bond acceptors (Lipinski definition) is 3. The molecular weight excluding hydrogens is 182 g/mol. The highest BCUT2D eigenvalue weighted by Gasteiger charge is 2.15. The first-order valence-corrected chi connectivity index (χ1v) is 5.15. The second kappa shape index (κ2) is 6.62. The minimum atomic E-state index is 0.0188. The maximum atomic E-state index is 11.5. The molecule has 1 fully saturated rings. The smallest absolute Gasteiger partial charge is 0.317 e. The summed E-state index contributed by atoms with van der Waals surface area (Å²) in [6, 6.07) is 0.0188. The van der Waals surface area contributed by atoms with E-state index in [9.17, 15) is 4.79 Å². The third-order valence-electron chi connectivity index (χ3n) is 2.21. The van der Waals surface area contributed by atoms with Crippen LogP contribution < -0.4 is 11.1 Å². The molecule has 1 saturated heterocycles. The van der Waals surface area contributed by atoms with Crippen molar-refractivity contribution in [3.63, 3.8) is 0 Å². The number of morpholine rings is 1. The van der Waals surface area contributed by atoms with Gasteiger partial charge in [0.05, 0.1) is 13.2 Å². The van der Waals surface area contributed by atoms with E-state index >= 15 is 0 Å². The summed E-state index contributed by atoms with van der Waals surface area (Å²) >= 11 is 0. The Balaban J connectivity index is 2.07. The van der Waals surface area contributed by atoms with Gasteiger partial charge in [-0.25, -0.2) is 4.79 Å². The summed E-state index contributed by atoms with van der Waals surface area (Å²) in [6.07, 6.45) is 1.91. The first-order valence-electron chi connectivity index (χ1n) is 5.15. The monoisotopic (exact) mass is 201 g/mol. The third kappa shape index (κ3) is 3.93. The minimum Gasteiger partial charge on any atom is -0.378 e.